The molecule has 1 aliphatic rings. The highest BCUT2D eigenvalue weighted by molar-refractivity contribution is 6.32. The summed E-state index contributed by atoms with van der Waals surface area (Å²) in [6.07, 6.45) is -2.19. The van der Waals surface area contributed by atoms with Gasteiger partial charge in [-0.2, -0.15) is 23.1 Å². The van der Waals surface area contributed by atoms with E-state index in [1.54, 1.807) is 18.3 Å². The van der Waals surface area contributed by atoms with Gasteiger partial charge in [0.2, 0.25) is 0 Å². The van der Waals surface area contributed by atoms with Crippen molar-refractivity contribution >= 4 is 28.9 Å². The third-order valence-corrected chi connectivity index (χ3v) is 5.18. The van der Waals surface area contributed by atoms with Gasteiger partial charge in [-0.05, 0) is 42.8 Å². The number of halogens is 4. The quantitative estimate of drug-likeness (QED) is 0.564. The first-order chi connectivity index (χ1) is 15.3. The molecule has 168 valence electrons. The van der Waals surface area contributed by atoms with Crippen molar-refractivity contribution in [1.29, 1.82) is 0 Å². The van der Waals surface area contributed by atoms with Gasteiger partial charge in [0, 0.05) is 24.0 Å². The fourth-order valence-corrected chi connectivity index (χ4v) is 3.62. The Morgan fingerprint density at radius 3 is 2.62 bits per heavy atom. The van der Waals surface area contributed by atoms with Crippen LogP contribution < -0.4 is 15.0 Å². The first-order valence-corrected chi connectivity index (χ1v) is 10.2. The Morgan fingerprint density at radius 2 is 1.94 bits per heavy atom. The highest BCUT2D eigenvalue weighted by Gasteiger charge is 2.30. The summed E-state index contributed by atoms with van der Waals surface area (Å²) >= 11 is 6.29. The number of rotatable bonds is 6. The molecule has 3 aromatic rings. The molecule has 32 heavy (non-hydrogen) atoms. The van der Waals surface area contributed by atoms with Crippen LogP contribution in [0.25, 0.3) is 0 Å². The molecule has 0 spiro atoms. The maximum absolute atomic E-state index is 12.9. The molecule has 0 aliphatic carbocycles. The van der Waals surface area contributed by atoms with Crippen molar-refractivity contribution in [3.63, 3.8) is 0 Å². The topological polar surface area (TPSA) is 83.4 Å². The number of hydrogen-bond donors (Lipinski definition) is 2. The van der Waals surface area contributed by atoms with Crippen molar-refractivity contribution in [2.75, 3.05) is 30.0 Å². The lowest BCUT2D eigenvalue weighted by molar-refractivity contribution is -0.137. The van der Waals surface area contributed by atoms with Crippen molar-refractivity contribution in [1.82, 2.24) is 15.0 Å². The Kier molecular flexibility index (Phi) is 6.33. The van der Waals surface area contributed by atoms with Crippen LogP contribution in [-0.4, -0.2) is 39.8 Å². The van der Waals surface area contributed by atoms with E-state index in [0.717, 1.165) is 17.7 Å². The Labute approximate surface area is 186 Å². The van der Waals surface area contributed by atoms with Gasteiger partial charge in [-0.1, -0.05) is 11.6 Å². The summed E-state index contributed by atoms with van der Waals surface area (Å²) < 4.78 is 44.0. The van der Waals surface area contributed by atoms with Crippen LogP contribution in [0.15, 0.2) is 42.6 Å². The van der Waals surface area contributed by atoms with Gasteiger partial charge in [0.25, 0.3) is 0 Å². The third-order valence-electron chi connectivity index (χ3n) is 4.88. The van der Waals surface area contributed by atoms with E-state index in [0.29, 0.717) is 47.6 Å². The number of benzene rings is 1. The number of aromatic nitrogens is 3. The number of fused-ring (bicyclic) bond motifs is 1. The fraction of sp³-hybridized carbons (Fsp3) is 0.286. The molecule has 2 N–H and O–H groups in total. The SMILES string of the molecule is OCCOc1nc2c(c(Nc3ccc(C(F)(F)F)cc3)n1)CCN(c1ncccc1Cl)C2. The molecular weight excluding hydrogens is 447 g/mol. The van der Waals surface area contributed by atoms with Crippen molar-refractivity contribution in [2.45, 2.75) is 19.1 Å². The standard InChI is InChI=1S/C21H19ClF3N5O2/c22-16-2-1-8-26-19(16)30-9-7-15-17(12-30)28-20(32-11-10-31)29-18(15)27-14-5-3-13(4-6-14)21(23,24)25/h1-6,8,31H,7,9-12H2,(H,27,28,29). The molecule has 0 unspecified atom stereocenters. The fourth-order valence-electron chi connectivity index (χ4n) is 3.38. The van der Waals surface area contributed by atoms with Crippen molar-refractivity contribution in [2.24, 2.45) is 0 Å². The van der Waals surface area contributed by atoms with Gasteiger partial charge in [0.1, 0.15) is 18.2 Å². The molecular formula is C21H19ClF3N5O2. The van der Waals surface area contributed by atoms with E-state index >= 15 is 0 Å². The summed E-state index contributed by atoms with van der Waals surface area (Å²) in [7, 11) is 0. The largest absolute Gasteiger partial charge is 0.461 e. The predicted octanol–water partition coefficient (Wildman–Crippen LogP) is 4.22. The van der Waals surface area contributed by atoms with Crippen LogP contribution in [0.3, 0.4) is 0 Å². The van der Waals surface area contributed by atoms with E-state index in [2.05, 4.69) is 20.3 Å². The summed E-state index contributed by atoms with van der Waals surface area (Å²) in [6.45, 7) is 0.795. The number of aliphatic hydroxyl groups is 1. The monoisotopic (exact) mass is 465 g/mol. The van der Waals surface area contributed by atoms with E-state index in [9.17, 15) is 13.2 Å². The minimum absolute atomic E-state index is 0.00822. The van der Waals surface area contributed by atoms with Crippen LogP contribution in [0.5, 0.6) is 6.01 Å². The van der Waals surface area contributed by atoms with Gasteiger partial charge in [-0.3, -0.25) is 0 Å². The molecule has 0 radical (unpaired) electrons. The lowest BCUT2D eigenvalue weighted by Crippen LogP contribution is -2.33. The number of nitrogens with one attached hydrogen (secondary N) is 1. The molecule has 0 amide bonds. The molecule has 1 aliphatic heterocycles. The molecule has 0 saturated carbocycles. The smallest absolute Gasteiger partial charge is 0.416 e. The Morgan fingerprint density at radius 1 is 1.16 bits per heavy atom. The first kappa shape index (κ1) is 22.1. The normalized spacial score (nSPS) is 13.6. The zero-order valence-corrected chi connectivity index (χ0v) is 17.5. The van der Waals surface area contributed by atoms with Crippen LogP contribution in [-0.2, 0) is 19.1 Å². The number of hydrogen-bond acceptors (Lipinski definition) is 7. The van der Waals surface area contributed by atoms with E-state index in [1.165, 1.54) is 12.1 Å². The van der Waals surface area contributed by atoms with Crippen molar-refractivity contribution in [3.05, 3.63) is 64.4 Å². The van der Waals surface area contributed by atoms with Crippen LogP contribution in [0, 0.1) is 0 Å². The number of alkyl halides is 3. The lowest BCUT2D eigenvalue weighted by Gasteiger charge is -2.30. The zero-order valence-electron chi connectivity index (χ0n) is 16.7. The molecule has 3 heterocycles. The number of aliphatic hydroxyl groups excluding tert-OH is 1. The van der Waals surface area contributed by atoms with Crippen LogP contribution >= 0.6 is 11.6 Å². The van der Waals surface area contributed by atoms with Crippen LogP contribution in [0.2, 0.25) is 5.02 Å². The molecule has 2 aromatic heterocycles. The maximum Gasteiger partial charge on any atom is 0.416 e. The summed E-state index contributed by atoms with van der Waals surface area (Å²) in [6, 6.07) is 8.25. The number of nitrogens with zero attached hydrogens (tertiary/aromatic N) is 4. The number of anilines is 3. The summed E-state index contributed by atoms with van der Waals surface area (Å²) in [5.74, 6) is 1.07. The Balaban J connectivity index is 1.64. The molecule has 0 bridgehead atoms. The molecule has 0 atom stereocenters. The van der Waals surface area contributed by atoms with Crippen LogP contribution in [0.4, 0.5) is 30.5 Å². The van der Waals surface area contributed by atoms with Gasteiger partial charge in [-0.25, -0.2) is 4.98 Å². The van der Waals surface area contributed by atoms with Crippen LogP contribution in [0.1, 0.15) is 16.8 Å². The minimum Gasteiger partial charge on any atom is -0.461 e. The van der Waals surface area contributed by atoms with E-state index in [4.69, 9.17) is 21.4 Å². The number of ether oxygens (including phenoxy) is 1. The molecule has 1 aromatic carbocycles. The Bertz CT molecular complexity index is 1100. The number of pyridine rings is 1. The highest BCUT2D eigenvalue weighted by Crippen LogP contribution is 2.33. The second-order valence-electron chi connectivity index (χ2n) is 7.03. The first-order valence-electron chi connectivity index (χ1n) is 9.78. The summed E-state index contributed by atoms with van der Waals surface area (Å²) in [5.41, 5.74) is 1.21. The maximum atomic E-state index is 12.9. The highest BCUT2D eigenvalue weighted by atomic mass is 35.5. The van der Waals surface area contributed by atoms with Gasteiger partial charge >= 0.3 is 12.2 Å². The second kappa shape index (κ2) is 9.17. The third kappa shape index (κ3) is 4.86. The summed E-state index contributed by atoms with van der Waals surface area (Å²) in [4.78, 5) is 15.2. The minimum atomic E-state index is -4.41. The van der Waals surface area contributed by atoms with Crippen molar-refractivity contribution < 1.29 is 23.0 Å². The van der Waals surface area contributed by atoms with E-state index < -0.39 is 11.7 Å². The zero-order chi connectivity index (χ0) is 22.7. The average Bonchev–Trinajstić information content (AvgIpc) is 2.77. The van der Waals surface area contributed by atoms with Gasteiger partial charge < -0.3 is 20.1 Å². The molecule has 7 nitrogen and oxygen atoms in total. The second-order valence-corrected chi connectivity index (χ2v) is 7.44. The van der Waals surface area contributed by atoms with E-state index in [-0.39, 0.29) is 19.2 Å². The molecule has 4 rings (SSSR count). The van der Waals surface area contributed by atoms with Gasteiger partial charge in [-0.15, -0.1) is 0 Å². The molecule has 11 heteroatoms. The van der Waals surface area contributed by atoms with Crippen molar-refractivity contribution in [3.8, 4) is 6.01 Å². The average molecular weight is 466 g/mol. The van der Waals surface area contributed by atoms with Gasteiger partial charge in [0.15, 0.2) is 0 Å². The predicted molar refractivity (Wildman–Crippen MR) is 113 cm³/mol. The van der Waals surface area contributed by atoms with Gasteiger partial charge in [0.05, 0.1) is 29.4 Å². The van der Waals surface area contributed by atoms with E-state index in [1.807, 2.05) is 4.90 Å². The summed E-state index contributed by atoms with van der Waals surface area (Å²) in [5, 5.41) is 12.7. The molecule has 0 fully saturated rings. The lowest BCUT2D eigenvalue weighted by atomic mass is 10.1. The molecule has 0 saturated heterocycles. The Hall–Kier alpha value is -3.11.